The van der Waals surface area contributed by atoms with Crippen LogP contribution < -0.4 is 15.5 Å². The van der Waals surface area contributed by atoms with Crippen molar-refractivity contribution in [3.05, 3.63) is 72.4 Å². The highest BCUT2D eigenvalue weighted by molar-refractivity contribution is 7.99. The number of nitrogens with zero attached hydrogens (tertiary/aromatic N) is 2. The number of amides is 3. The molecule has 0 spiro atoms. The van der Waals surface area contributed by atoms with Crippen molar-refractivity contribution < 1.29 is 9.59 Å². The van der Waals surface area contributed by atoms with Crippen molar-refractivity contribution in [2.24, 2.45) is 0 Å². The van der Waals surface area contributed by atoms with Gasteiger partial charge in [0.2, 0.25) is 5.91 Å². The SMILES string of the molecule is CSc1cccc(NC(=O)Cc2ccc(NC(=O)N3CCSc4ncccc43)cc2)c1. The zero-order chi connectivity index (χ0) is 21.6. The fraction of sp³-hybridized carbons (Fsp3) is 0.174. The number of nitrogens with one attached hydrogen (secondary N) is 2. The van der Waals surface area contributed by atoms with Gasteiger partial charge in [0.05, 0.1) is 12.1 Å². The normalized spacial score (nSPS) is 12.7. The fourth-order valence-electron chi connectivity index (χ4n) is 3.25. The Morgan fingerprint density at radius 1 is 1.06 bits per heavy atom. The predicted molar refractivity (Wildman–Crippen MR) is 128 cm³/mol. The van der Waals surface area contributed by atoms with Gasteiger partial charge in [-0.25, -0.2) is 9.78 Å². The summed E-state index contributed by atoms with van der Waals surface area (Å²) in [5.74, 6) is 0.732. The van der Waals surface area contributed by atoms with E-state index >= 15 is 0 Å². The van der Waals surface area contributed by atoms with Gasteiger partial charge >= 0.3 is 6.03 Å². The minimum atomic E-state index is -0.186. The molecule has 2 aromatic carbocycles. The summed E-state index contributed by atoms with van der Waals surface area (Å²) < 4.78 is 0. The molecule has 2 heterocycles. The molecular formula is C23H22N4O2S2. The van der Waals surface area contributed by atoms with Crippen molar-refractivity contribution in [1.29, 1.82) is 0 Å². The number of urea groups is 1. The molecule has 6 nitrogen and oxygen atoms in total. The summed E-state index contributed by atoms with van der Waals surface area (Å²) in [5, 5.41) is 6.73. The van der Waals surface area contributed by atoms with Crippen molar-refractivity contribution >= 4 is 52.5 Å². The molecule has 8 heteroatoms. The Labute approximate surface area is 189 Å². The molecule has 3 aromatic rings. The molecular weight excluding hydrogens is 428 g/mol. The number of pyridine rings is 1. The van der Waals surface area contributed by atoms with Gasteiger partial charge in [-0.05, 0) is 54.3 Å². The van der Waals surface area contributed by atoms with Gasteiger partial charge in [0.25, 0.3) is 0 Å². The first kappa shape index (κ1) is 21.3. The van der Waals surface area contributed by atoms with Gasteiger partial charge in [-0.15, -0.1) is 23.5 Å². The first-order valence-corrected chi connectivity index (χ1v) is 12.0. The molecule has 158 valence electrons. The quantitative estimate of drug-likeness (QED) is 0.527. The number of benzene rings is 2. The molecule has 1 aliphatic rings. The maximum atomic E-state index is 12.8. The van der Waals surface area contributed by atoms with Crippen LogP contribution in [-0.4, -0.2) is 35.5 Å². The molecule has 4 rings (SSSR count). The molecule has 0 unspecified atom stereocenters. The van der Waals surface area contributed by atoms with Gasteiger partial charge in [0.15, 0.2) is 0 Å². The number of fused-ring (bicyclic) bond motifs is 1. The Morgan fingerprint density at radius 2 is 1.90 bits per heavy atom. The molecule has 0 saturated carbocycles. The Bertz CT molecular complexity index is 1090. The lowest BCUT2D eigenvalue weighted by atomic mass is 10.1. The minimum Gasteiger partial charge on any atom is -0.326 e. The third-order valence-electron chi connectivity index (χ3n) is 4.76. The van der Waals surface area contributed by atoms with Crippen LogP contribution >= 0.6 is 23.5 Å². The summed E-state index contributed by atoms with van der Waals surface area (Å²) in [4.78, 5) is 32.3. The molecule has 0 radical (unpaired) electrons. The second-order valence-electron chi connectivity index (χ2n) is 6.91. The molecule has 3 amide bonds. The van der Waals surface area contributed by atoms with Crippen LogP contribution in [0.15, 0.2) is 76.8 Å². The second-order valence-corrected chi connectivity index (χ2v) is 8.88. The lowest BCUT2D eigenvalue weighted by Gasteiger charge is -2.28. The van der Waals surface area contributed by atoms with Crippen molar-refractivity contribution in [3.63, 3.8) is 0 Å². The van der Waals surface area contributed by atoms with Crippen LogP contribution in [0.25, 0.3) is 0 Å². The molecule has 0 aliphatic carbocycles. The zero-order valence-electron chi connectivity index (χ0n) is 17.0. The number of aromatic nitrogens is 1. The average Bonchev–Trinajstić information content (AvgIpc) is 2.80. The first-order chi connectivity index (χ1) is 15.1. The van der Waals surface area contributed by atoms with E-state index in [0.29, 0.717) is 12.2 Å². The van der Waals surface area contributed by atoms with Crippen LogP contribution in [0.4, 0.5) is 21.9 Å². The Balaban J connectivity index is 1.35. The summed E-state index contributed by atoms with van der Waals surface area (Å²) in [6.45, 7) is 0.630. The van der Waals surface area contributed by atoms with E-state index in [1.807, 2.05) is 66.9 Å². The van der Waals surface area contributed by atoms with Gasteiger partial charge in [0.1, 0.15) is 5.03 Å². The van der Waals surface area contributed by atoms with E-state index in [1.54, 1.807) is 34.6 Å². The smallest absolute Gasteiger partial charge is 0.326 e. The summed E-state index contributed by atoms with van der Waals surface area (Å²) in [6.07, 6.45) is 4.00. The van der Waals surface area contributed by atoms with Crippen molar-refractivity contribution in [2.75, 3.05) is 34.1 Å². The Morgan fingerprint density at radius 3 is 2.71 bits per heavy atom. The van der Waals surface area contributed by atoms with Crippen LogP contribution in [0.2, 0.25) is 0 Å². The van der Waals surface area contributed by atoms with Crippen LogP contribution in [0.1, 0.15) is 5.56 Å². The highest BCUT2D eigenvalue weighted by atomic mass is 32.2. The third-order valence-corrected chi connectivity index (χ3v) is 6.46. The number of carbonyl (C=O) groups excluding carboxylic acids is 2. The summed E-state index contributed by atoms with van der Waals surface area (Å²) in [7, 11) is 0. The number of carbonyl (C=O) groups is 2. The van der Waals surface area contributed by atoms with Gasteiger partial charge < -0.3 is 10.6 Å². The molecule has 0 atom stereocenters. The lowest BCUT2D eigenvalue weighted by molar-refractivity contribution is -0.115. The van der Waals surface area contributed by atoms with Crippen molar-refractivity contribution in [3.8, 4) is 0 Å². The standard InChI is InChI=1S/C23H22N4O2S2/c1-30-19-5-2-4-18(15-19)25-21(28)14-16-7-9-17(10-8-16)26-23(29)27-12-13-31-22-20(27)6-3-11-24-22/h2-11,15H,12-14H2,1H3,(H,25,28)(H,26,29). The van der Waals surface area contributed by atoms with Crippen LogP contribution in [0.3, 0.4) is 0 Å². The van der Waals surface area contributed by atoms with Crippen LogP contribution in [0.5, 0.6) is 0 Å². The van der Waals surface area contributed by atoms with Crippen molar-refractivity contribution in [2.45, 2.75) is 16.3 Å². The van der Waals surface area contributed by atoms with E-state index in [0.717, 1.165) is 32.6 Å². The molecule has 2 N–H and O–H groups in total. The number of rotatable bonds is 5. The van der Waals surface area contributed by atoms with E-state index in [4.69, 9.17) is 0 Å². The van der Waals surface area contributed by atoms with Crippen LogP contribution in [-0.2, 0) is 11.2 Å². The highest BCUT2D eigenvalue weighted by Gasteiger charge is 2.23. The maximum absolute atomic E-state index is 12.8. The largest absolute Gasteiger partial charge is 0.326 e. The average molecular weight is 451 g/mol. The molecule has 1 aromatic heterocycles. The summed E-state index contributed by atoms with van der Waals surface area (Å²) in [5.41, 5.74) is 3.18. The van der Waals surface area contributed by atoms with E-state index in [2.05, 4.69) is 15.6 Å². The van der Waals surface area contributed by atoms with E-state index in [-0.39, 0.29) is 18.4 Å². The van der Waals surface area contributed by atoms with E-state index in [9.17, 15) is 9.59 Å². The zero-order valence-corrected chi connectivity index (χ0v) is 18.6. The van der Waals surface area contributed by atoms with Crippen molar-refractivity contribution in [1.82, 2.24) is 4.98 Å². The molecule has 1 aliphatic heterocycles. The van der Waals surface area contributed by atoms with E-state index < -0.39 is 0 Å². The lowest BCUT2D eigenvalue weighted by Crippen LogP contribution is -2.38. The highest BCUT2D eigenvalue weighted by Crippen LogP contribution is 2.32. The number of hydrogen-bond donors (Lipinski definition) is 2. The molecule has 31 heavy (non-hydrogen) atoms. The van der Waals surface area contributed by atoms with E-state index in [1.165, 1.54) is 0 Å². The molecule has 0 fully saturated rings. The minimum absolute atomic E-state index is 0.0787. The maximum Gasteiger partial charge on any atom is 0.326 e. The second kappa shape index (κ2) is 9.89. The van der Waals surface area contributed by atoms with Gasteiger partial charge in [-0.3, -0.25) is 9.69 Å². The van der Waals surface area contributed by atoms with Gasteiger partial charge in [0, 0.05) is 34.8 Å². The predicted octanol–water partition coefficient (Wildman–Crippen LogP) is 5.13. The summed E-state index contributed by atoms with van der Waals surface area (Å²) in [6, 6.07) is 18.7. The van der Waals surface area contributed by atoms with Gasteiger partial charge in [-0.2, -0.15) is 0 Å². The third kappa shape index (κ3) is 5.39. The van der Waals surface area contributed by atoms with Gasteiger partial charge in [-0.1, -0.05) is 18.2 Å². The topological polar surface area (TPSA) is 74.3 Å². The molecule has 0 saturated heterocycles. The summed E-state index contributed by atoms with van der Waals surface area (Å²) >= 11 is 3.29. The van der Waals surface area contributed by atoms with Crippen LogP contribution in [0, 0.1) is 0 Å². The number of thioether (sulfide) groups is 2. The number of anilines is 3. The first-order valence-electron chi connectivity index (χ1n) is 9.81. The Hall–Kier alpha value is -2.97. The molecule has 0 bridgehead atoms. The fourth-order valence-corrected chi connectivity index (χ4v) is 4.64. The number of hydrogen-bond acceptors (Lipinski definition) is 5. The monoisotopic (exact) mass is 450 g/mol. The Kier molecular flexibility index (Phi) is 6.79.